The van der Waals surface area contributed by atoms with Gasteiger partial charge in [-0.3, -0.25) is 9.69 Å². The molecule has 6 heteroatoms. The summed E-state index contributed by atoms with van der Waals surface area (Å²) in [4.78, 5) is 15.5. The van der Waals surface area contributed by atoms with E-state index >= 15 is 0 Å². The summed E-state index contributed by atoms with van der Waals surface area (Å²) in [5.74, 6) is 1.10. The Hall–Kier alpha value is -2.96. The zero-order chi connectivity index (χ0) is 22.2. The lowest BCUT2D eigenvalue weighted by molar-refractivity contribution is 0.0968. The van der Waals surface area contributed by atoms with E-state index in [2.05, 4.69) is 20.8 Å². The first-order valence-corrected chi connectivity index (χ1v) is 11.2. The summed E-state index contributed by atoms with van der Waals surface area (Å²) in [5.41, 5.74) is 3.90. The summed E-state index contributed by atoms with van der Waals surface area (Å²) in [5, 5.41) is 0.552. The average molecular weight is 494 g/mol. The smallest absolute Gasteiger partial charge is 0.200 e. The minimum Gasteiger partial charge on any atom is -0.478 e. The molecule has 4 aromatic rings. The van der Waals surface area contributed by atoms with Crippen molar-refractivity contribution in [3.05, 3.63) is 98.1 Å². The van der Waals surface area contributed by atoms with Crippen LogP contribution in [0.2, 0.25) is 0 Å². The summed E-state index contributed by atoms with van der Waals surface area (Å²) in [6.45, 7) is 3.66. The Balaban J connectivity index is 1.47. The molecule has 0 amide bonds. The second-order valence-electron chi connectivity index (χ2n) is 7.99. The largest absolute Gasteiger partial charge is 0.478 e. The van der Waals surface area contributed by atoms with E-state index in [1.165, 1.54) is 12.1 Å². The summed E-state index contributed by atoms with van der Waals surface area (Å²) in [6.07, 6.45) is 0.778. The van der Waals surface area contributed by atoms with Crippen LogP contribution >= 0.6 is 15.9 Å². The molecule has 32 heavy (non-hydrogen) atoms. The van der Waals surface area contributed by atoms with Crippen molar-refractivity contribution in [2.75, 3.05) is 13.3 Å². The third-order valence-corrected chi connectivity index (χ3v) is 6.37. The molecule has 1 aliphatic rings. The van der Waals surface area contributed by atoms with Crippen molar-refractivity contribution in [1.82, 2.24) is 4.90 Å². The normalized spacial score (nSPS) is 13.7. The number of hydrogen-bond donors (Lipinski definition) is 0. The van der Waals surface area contributed by atoms with Crippen LogP contribution in [0.1, 0.15) is 16.9 Å². The number of benzene rings is 3. The summed E-state index contributed by atoms with van der Waals surface area (Å²) in [7, 11) is 0. The molecule has 0 atom stereocenters. The first-order chi connectivity index (χ1) is 15.5. The predicted octanol–water partition coefficient (Wildman–Crippen LogP) is 6.06. The van der Waals surface area contributed by atoms with Crippen LogP contribution in [-0.4, -0.2) is 18.2 Å². The number of hydrogen-bond acceptors (Lipinski definition) is 4. The zero-order valence-corrected chi connectivity index (χ0v) is 19.1. The van der Waals surface area contributed by atoms with Crippen LogP contribution in [0, 0.1) is 12.7 Å². The van der Waals surface area contributed by atoms with Crippen molar-refractivity contribution in [2.24, 2.45) is 0 Å². The van der Waals surface area contributed by atoms with E-state index in [-0.39, 0.29) is 11.2 Å². The van der Waals surface area contributed by atoms with Crippen molar-refractivity contribution in [2.45, 2.75) is 19.9 Å². The number of aryl methyl sites for hydroxylation is 1. The van der Waals surface area contributed by atoms with E-state index in [9.17, 15) is 9.18 Å². The van der Waals surface area contributed by atoms with E-state index < -0.39 is 0 Å². The molecule has 1 aromatic heterocycles. The molecule has 3 aromatic carbocycles. The topological polar surface area (TPSA) is 42.7 Å². The van der Waals surface area contributed by atoms with Gasteiger partial charge in [0.1, 0.15) is 29.6 Å². The van der Waals surface area contributed by atoms with Crippen molar-refractivity contribution >= 4 is 26.9 Å². The van der Waals surface area contributed by atoms with Crippen molar-refractivity contribution < 1.29 is 13.5 Å². The van der Waals surface area contributed by atoms with Crippen LogP contribution in [0.25, 0.3) is 22.1 Å². The van der Waals surface area contributed by atoms with Gasteiger partial charge < -0.3 is 9.15 Å². The highest BCUT2D eigenvalue weighted by Crippen LogP contribution is 2.34. The van der Waals surface area contributed by atoms with Gasteiger partial charge in [-0.2, -0.15) is 0 Å². The lowest BCUT2D eigenvalue weighted by atomic mass is 10.0. The van der Waals surface area contributed by atoms with Crippen molar-refractivity contribution in [3.8, 4) is 16.9 Å². The predicted molar refractivity (Wildman–Crippen MR) is 126 cm³/mol. The molecule has 0 saturated heterocycles. The first-order valence-electron chi connectivity index (χ1n) is 10.4. The number of fused-ring (bicyclic) bond motifs is 3. The highest BCUT2D eigenvalue weighted by Gasteiger charge is 2.23. The monoisotopic (exact) mass is 493 g/mol. The van der Waals surface area contributed by atoms with Gasteiger partial charge in [-0.05, 0) is 60.9 Å². The second kappa shape index (κ2) is 8.52. The average Bonchev–Trinajstić information content (AvgIpc) is 2.80. The Labute approximate surface area is 193 Å². The van der Waals surface area contributed by atoms with Gasteiger partial charge in [0.15, 0.2) is 0 Å². The Morgan fingerprint density at radius 1 is 1.03 bits per heavy atom. The van der Waals surface area contributed by atoms with Crippen LogP contribution in [-0.2, 0) is 13.0 Å². The molecular weight excluding hydrogens is 473 g/mol. The number of rotatable bonds is 4. The Bertz CT molecular complexity index is 1350. The van der Waals surface area contributed by atoms with Crippen LogP contribution in [0.4, 0.5) is 4.39 Å². The number of halogens is 2. The van der Waals surface area contributed by atoms with Crippen molar-refractivity contribution in [1.29, 1.82) is 0 Å². The third-order valence-electron chi connectivity index (χ3n) is 5.84. The standard InChI is InChI=1S/C26H21BrFNO3/c1-16-24(18-4-6-19(27)7-5-18)25(30)21-10-11-23-22(26(21)32-16)14-29(15-31-23)13-12-17-2-8-20(28)9-3-17/h2-11H,12-15H2,1H3. The molecule has 0 spiro atoms. The molecule has 0 aliphatic carbocycles. The maximum Gasteiger partial charge on any atom is 0.200 e. The molecule has 0 saturated carbocycles. The van der Waals surface area contributed by atoms with Crippen molar-refractivity contribution in [3.63, 3.8) is 0 Å². The van der Waals surface area contributed by atoms with E-state index in [0.717, 1.165) is 39.9 Å². The maximum absolute atomic E-state index is 13.4. The SMILES string of the molecule is Cc1oc2c3c(ccc2c(=O)c1-c1ccc(Br)cc1)OCN(CCc1ccc(F)cc1)C3. The molecule has 5 rings (SSSR count). The van der Waals surface area contributed by atoms with E-state index in [4.69, 9.17) is 9.15 Å². The molecule has 0 radical (unpaired) electrons. The Morgan fingerprint density at radius 2 is 1.78 bits per heavy atom. The van der Waals surface area contributed by atoms with Gasteiger partial charge in [0.05, 0.1) is 16.5 Å². The van der Waals surface area contributed by atoms with Gasteiger partial charge in [0.2, 0.25) is 5.43 Å². The molecule has 1 aliphatic heterocycles. The van der Waals surface area contributed by atoms with E-state index in [1.807, 2.05) is 37.3 Å². The fraction of sp³-hybridized carbons (Fsp3) is 0.192. The first kappa shape index (κ1) is 20.9. The molecule has 0 bridgehead atoms. The minimum atomic E-state index is -0.233. The van der Waals surface area contributed by atoms with E-state index in [1.54, 1.807) is 18.2 Å². The maximum atomic E-state index is 13.4. The minimum absolute atomic E-state index is 0.0442. The highest BCUT2D eigenvalue weighted by atomic mass is 79.9. The third kappa shape index (κ3) is 3.96. The van der Waals surface area contributed by atoms with Gasteiger partial charge >= 0.3 is 0 Å². The van der Waals surface area contributed by atoms with E-state index in [0.29, 0.717) is 35.6 Å². The van der Waals surface area contributed by atoms with Crippen LogP contribution in [0.3, 0.4) is 0 Å². The highest BCUT2D eigenvalue weighted by molar-refractivity contribution is 9.10. The lowest BCUT2D eigenvalue weighted by Gasteiger charge is -2.29. The molecule has 2 heterocycles. The number of nitrogens with zero attached hydrogens (tertiary/aromatic N) is 1. The fourth-order valence-electron chi connectivity index (χ4n) is 4.15. The van der Waals surface area contributed by atoms with Gasteiger partial charge in [-0.25, -0.2) is 4.39 Å². The zero-order valence-electron chi connectivity index (χ0n) is 17.5. The molecular formula is C26H21BrFNO3. The molecule has 162 valence electrons. The van der Waals surface area contributed by atoms with Gasteiger partial charge in [0, 0.05) is 17.6 Å². The number of ether oxygens (including phenoxy) is 1. The quantitative estimate of drug-likeness (QED) is 0.346. The fourth-order valence-corrected chi connectivity index (χ4v) is 4.42. The van der Waals surface area contributed by atoms with Crippen LogP contribution in [0.5, 0.6) is 5.75 Å². The van der Waals surface area contributed by atoms with Gasteiger partial charge in [-0.1, -0.05) is 40.2 Å². The Kier molecular flexibility index (Phi) is 5.57. The second-order valence-corrected chi connectivity index (χ2v) is 8.91. The molecule has 0 N–H and O–H groups in total. The van der Waals surface area contributed by atoms with Crippen LogP contribution in [0.15, 0.2) is 74.3 Å². The molecule has 4 nitrogen and oxygen atoms in total. The van der Waals surface area contributed by atoms with Gasteiger partial charge in [0.25, 0.3) is 0 Å². The summed E-state index contributed by atoms with van der Waals surface area (Å²) < 4.78 is 26.3. The molecule has 0 unspecified atom stereocenters. The lowest BCUT2D eigenvalue weighted by Crippen LogP contribution is -2.33. The summed E-state index contributed by atoms with van der Waals surface area (Å²) in [6, 6.07) is 17.8. The van der Waals surface area contributed by atoms with Gasteiger partial charge in [-0.15, -0.1) is 0 Å². The summed E-state index contributed by atoms with van der Waals surface area (Å²) >= 11 is 3.44. The Morgan fingerprint density at radius 3 is 2.53 bits per heavy atom. The van der Waals surface area contributed by atoms with Crippen LogP contribution < -0.4 is 10.2 Å². The molecule has 0 fully saturated rings.